The van der Waals surface area contributed by atoms with Crippen molar-refractivity contribution in [1.29, 1.82) is 0 Å². The van der Waals surface area contributed by atoms with E-state index in [-0.39, 0.29) is 23.3 Å². The molecule has 2 amide bonds. The van der Waals surface area contributed by atoms with Crippen molar-refractivity contribution in [2.24, 2.45) is 5.92 Å². The molecule has 3 aromatic heterocycles. The van der Waals surface area contributed by atoms with Gasteiger partial charge in [0.2, 0.25) is 0 Å². The summed E-state index contributed by atoms with van der Waals surface area (Å²) in [6.45, 7) is 2.68. The van der Waals surface area contributed by atoms with Gasteiger partial charge >= 0.3 is 0 Å². The Kier molecular flexibility index (Phi) is 6.40. The average molecular weight is 531 g/mol. The van der Waals surface area contributed by atoms with Gasteiger partial charge in [-0.15, -0.1) is 22.7 Å². The van der Waals surface area contributed by atoms with E-state index in [4.69, 9.17) is 0 Å². The number of carbonyl (C=O) groups excluding carboxylic acids is 2. The molecule has 0 saturated carbocycles. The van der Waals surface area contributed by atoms with Crippen LogP contribution in [0, 0.1) is 5.92 Å². The van der Waals surface area contributed by atoms with Crippen LogP contribution in [0.4, 0.5) is 11.4 Å². The van der Waals surface area contributed by atoms with Gasteiger partial charge in [-0.3, -0.25) is 14.4 Å². The minimum atomic E-state index is -0.193. The van der Waals surface area contributed by atoms with E-state index in [2.05, 4.69) is 15.5 Å². The van der Waals surface area contributed by atoms with Gasteiger partial charge in [0.05, 0.1) is 22.8 Å². The highest BCUT2D eigenvalue weighted by molar-refractivity contribution is 7.12. The molecule has 0 spiro atoms. The average Bonchev–Trinajstić information content (AvgIpc) is 3.63. The molecule has 9 heteroatoms. The number of aromatic nitrogens is 1. The summed E-state index contributed by atoms with van der Waals surface area (Å²) in [6, 6.07) is 18.6. The van der Waals surface area contributed by atoms with Crippen molar-refractivity contribution in [3.8, 4) is 0 Å². The van der Waals surface area contributed by atoms with Gasteiger partial charge in [-0.25, -0.2) is 0 Å². The summed E-state index contributed by atoms with van der Waals surface area (Å²) < 4.78 is 1.91. The number of carbonyl (C=O) groups is 2. The number of hydrogen-bond acceptors (Lipinski definition) is 6. The standard InChI is InChI=1S/C28H26N4O3S2/c33-26-7-1-5-23-20-12-18(16-32(23)26)15-31(17-20)24-9-8-19(27(34)29-14-21-4-2-10-36-21)13-22(24)30-28(35)25-6-3-11-37-25/h1-11,13,18,20H,12,14-17H2,(H,29,34)(H,30,35). The highest BCUT2D eigenvalue weighted by Gasteiger charge is 2.35. The number of hydrogen-bond donors (Lipinski definition) is 2. The molecule has 6 rings (SSSR count). The van der Waals surface area contributed by atoms with E-state index in [1.165, 1.54) is 11.3 Å². The maximum absolute atomic E-state index is 13.0. The first-order valence-electron chi connectivity index (χ1n) is 12.3. The number of benzene rings is 1. The van der Waals surface area contributed by atoms with Crippen LogP contribution in [0.25, 0.3) is 0 Å². The Labute approximate surface area is 222 Å². The molecule has 0 radical (unpaired) electrons. The van der Waals surface area contributed by atoms with E-state index in [9.17, 15) is 14.4 Å². The van der Waals surface area contributed by atoms with Gasteiger partial charge in [-0.1, -0.05) is 18.2 Å². The first-order chi connectivity index (χ1) is 18.0. The molecule has 4 aromatic rings. The fourth-order valence-corrected chi connectivity index (χ4v) is 6.68. The second kappa shape index (κ2) is 9.99. The van der Waals surface area contributed by atoms with Crippen molar-refractivity contribution in [3.05, 3.63) is 103 Å². The fourth-order valence-electron chi connectivity index (χ4n) is 5.42. The zero-order chi connectivity index (χ0) is 25.4. The number of anilines is 2. The molecular weight excluding hydrogens is 504 g/mol. The number of nitrogens with one attached hydrogen (secondary N) is 2. The third kappa shape index (κ3) is 4.84. The zero-order valence-corrected chi connectivity index (χ0v) is 21.7. The van der Waals surface area contributed by atoms with Crippen LogP contribution in [0.15, 0.2) is 76.2 Å². The molecule has 2 N–H and O–H groups in total. The van der Waals surface area contributed by atoms with Gasteiger partial charge in [0.15, 0.2) is 0 Å². The highest BCUT2D eigenvalue weighted by atomic mass is 32.1. The zero-order valence-electron chi connectivity index (χ0n) is 20.1. The van der Waals surface area contributed by atoms with Crippen LogP contribution in [0.3, 0.4) is 0 Å². The molecule has 37 heavy (non-hydrogen) atoms. The van der Waals surface area contributed by atoms with Crippen molar-refractivity contribution in [2.75, 3.05) is 23.3 Å². The normalized spacial score (nSPS) is 18.2. The molecule has 2 unspecified atom stereocenters. The molecule has 1 aromatic carbocycles. The second-order valence-electron chi connectivity index (χ2n) is 9.53. The van der Waals surface area contributed by atoms with E-state index in [0.29, 0.717) is 35.1 Å². The van der Waals surface area contributed by atoms with Gasteiger partial charge in [-0.05, 0) is 59.5 Å². The van der Waals surface area contributed by atoms with Gasteiger partial charge in [0.25, 0.3) is 17.4 Å². The highest BCUT2D eigenvalue weighted by Crippen LogP contribution is 2.39. The first kappa shape index (κ1) is 23.7. The number of piperidine rings is 1. The molecule has 7 nitrogen and oxygen atoms in total. The lowest BCUT2D eigenvalue weighted by Gasteiger charge is -2.44. The van der Waals surface area contributed by atoms with Crippen LogP contribution in [0.5, 0.6) is 0 Å². The Hall–Kier alpha value is -3.69. The van der Waals surface area contributed by atoms with Crippen LogP contribution < -0.4 is 21.1 Å². The van der Waals surface area contributed by atoms with Crippen LogP contribution in [0.1, 0.15) is 42.9 Å². The lowest BCUT2D eigenvalue weighted by molar-refractivity contribution is 0.0950. The van der Waals surface area contributed by atoms with E-state index in [1.54, 1.807) is 29.5 Å². The molecule has 2 bridgehead atoms. The predicted molar refractivity (Wildman–Crippen MR) is 148 cm³/mol. The predicted octanol–water partition coefficient (Wildman–Crippen LogP) is 4.78. The Bertz CT molecular complexity index is 1490. The summed E-state index contributed by atoms with van der Waals surface area (Å²) in [6.07, 6.45) is 1.04. The summed E-state index contributed by atoms with van der Waals surface area (Å²) in [4.78, 5) is 42.4. The molecule has 5 heterocycles. The number of nitrogens with zero attached hydrogens (tertiary/aromatic N) is 2. The summed E-state index contributed by atoms with van der Waals surface area (Å²) in [5.41, 5.74) is 3.13. The van der Waals surface area contributed by atoms with Crippen molar-refractivity contribution < 1.29 is 9.59 Å². The van der Waals surface area contributed by atoms with Crippen molar-refractivity contribution in [1.82, 2.24) is 9.88 Å². The third-order valence-electron chi connectivity index (χ3n) is 7.08. The van der Waals surface area contributed by atoms with Crippen LogP contribution in [0.2, 0.25) is 0 Å². The molecule has 1 fully saturated rings. The van der Waals surface area contributed by atoms with Crippen molar-refractivity contribution in [3.63, 3.8) is 0 Å². The van der Waals surface area contributed by atoms with Gasteiger partial charge in [0, 0.05) is 47.8 Å². The molecule has 2 aliphatic heterocycles. The monoisotopic (exact) mass is 530 g/mol. The lowest BCUT2D eigenvalue weighted by Crippen LogP contribution is -2.47. The van der Waals surface area contributed by atoms with Crippen LogP contribution >= 0.6 is 22.7 Å². The smallest absolute Gasteiger partial charge is 0.265 e. The molecule has 188 valence electrons. The Morgan fingerprint density at radius 1 is 0.919 bits per heavy atom. The first-order valence-corrected chi connectivity index (χ1v) is 14.1. The maximum Gasteiger partial charge on any atom is 0.265 e. The van der Waals surface area contributed by atoms with Crippen LogP contribution in [-0.2, 0) is 13.1 Å². The van der Waals surface area contributed by atoms with Gasteiger partial charge in [0.1, 0.15) is 0 Å². The fraction of sp³-hybridized carbons (Fsp3) is 0.250. The van der Waals surface area contributed by atoms with Gasteiger partial charge in [-0.2, -0.15) is 0 Å². The summed E-state index contributed by atoms with van der Waals surface area (Å²) in [5, 5.41) is 9.89. The Balaban J connectivity index is 1.30. The van der Waals surface area contributed by atoms with Crippen molar-refractivity contribution in [2.45, 2.75) is 25.4 Å². The summed E-state index contributed by atoms with van der Waals surface area (Å²) in [7, 11) is 0. The van der Waals surface area contributed by atoms with E-state index >= 15 is 0 Å². The van der Waals surface area contributed by atoms with Crippen molar-refractivity contribution >= 4 is 45.9 Å². The van der Waals surface area contributed by atoms with Gasteiger partial charge < -0.3 is 20.1 Å². The lowest BCUT2D eigenvalue weighted by atomic mass is 9.83. The maximum atomic E-state index is 13.0. The minimum absolute atomic E-state index is 0.0578. The summed E-state index contributed by atoms with van der Waals surface area (Å²) >= 11 is 2.98. The number of pyridine rings is 1. The SMILES string of the molecule is O=C(NCc1cccs1)c1ccc(N2CC3CC(C2)c2cccc(=O)n2C3)c(NC(=O)c2cccs2)c1. The quantitative estimate of drug-likeness (QED) is 0.376. The number of amides is 2. The topological polar surface area (TPSA) is 83.4 Å². The Morgan fingerprint density at radius 2 is 1.78 bits per heavy atom. The third-order valence-corrected chi connectivity index (χ3v) is 8.82. The minimum Gasteiger partial charge on any atom is -0.369 e. The molecule has 0 aliphatic carbocycles. The molecule has 2 atom stereocenters. The second-order valence-corrected chi connectivity index (χ2v) is 11.5. The number of thiophene rings is 2. The molecule has 1 saturated heterocycles. The summed E-state index contributed by atoms with van der Waals surface area (Å²) in [5.74, 6) is 0.189. The molecular formula is C28H26N4O3S2. The van der Waals surface area contributed by atoms with E-state index < -0.39 is 0 Å². The van der Waals surface area contributed by atoms with E-state index in [1.807, 2.05) is 57.8 Å². The van der Waals surface area contributed by atoms with Crippen LogP contribution in [-0.4, -0.2) is 29.5 Å². The molecule has 2 aliphatic rings. The Morgan fingerprint density at radius 3 is 2.59 bits per heavy atom. The number of fused-ring (bicyclic) bond motifs is 4. The number of rotatable bonds is 6. The van der Waals surface area contributed by atoms with E-state index in [0.717, 1.165) is 35.8 Å². The largest absolute Gasteiger partial charge is 0.369 e.